The van der Waals surface area contributed by atoms with Gasteiger partial charge in [-0.2, -0.15) is 16.9 Å². The first-order chi connectivity index (χ1) is 10.8. The van der Waals surface area contributed by atoms with E-state index in [1.165, 1.54) is 24.3 Å². The Morgan fingerprint density at radius 1 is 1.32 bits per heavy atom. The second kappa shape index (κ2) is 7.40. The van der Waals surface area contributed by atoms with Crippen molar-refractivity contribution >= 4 is 29.2 Å². The highest BCUT2D eigenvalue weighted by atomic mass is 35.5. The number of hydrogen-bond acceptors (Lipinski definition) is 4. The number of aromatic nitrogens is 2. The van der Waals surface area contributed by atoms with Gasteiger partial charge in [-0.3, -0.25) is 0 Å². The van der Waals surface area contributed by atoms with Crippen LogP contribution in [-0.4, -0.2) is 39.0 Å². The van der Waals surface area contributed by atoms with E-state index in [-0.39, 0.29) is 6.61 Å². The van der Waals surface area contributed by atoms with E-state index in [0.29, 0.717) is 17.6 Å². The Labute approximate surface area is 139 Å². The van der Waals surface area contributed by atoms with Crippen molar-refractivity contribution in [3.63, 3.8) is 0 Å². The fourth-order valence-corrected chi connectivity index (χ4v) is 3.93. The van der Waals surface area contributed by atoms with Crippen molar-refractivity contribution in [3.05, 3.63) is 35.4 Å². The molecule has 2 heterocycles. The third-order valence-electron chi connectivity index (χ3n) is 3.79. The predicted molar refractivity (Wildman–Crippen MR) is 93.7 cm³/mol. The summed E-state index contributed by atoms with van der Waals surface area (Å²) in [6.45, 7) is 0.566. The Bertz CT molecular complexity index is 626. The first-order valence-corrected chi connectivity index (χ1v) is 9.08. The predicted octanol–water partition coefficient (Wildman–Crippen LogP) is 3.50. The van der Waals surface area contributed by atoms with Crippen molar-refractivity contribution in [2.24, 2.45) is 0 Å². The number of rotatable bonds is 5. The molecule has 118 valence electrons. The summed E-state index contributed by atoms with van der Waals surface area (Å²) >= 11 is 8.08. The van der Waals surface area contributed by atoms with Gasteiger partial charge in [0.25, 0.3) is 0 Å². The van der Waals surface area contributed by atoms with Gasteiger partial charge in [-0.25, -0.2) is 4.68 Å². The molecule has 1 aliphatic rings. The zero-order valence-corrected chi connectivity index (χ0v) is 13.9. The monoisotopic (exact) mass is 337 g/mol. The molecule has 0 spiro atoms. The van der Waals surface area contributed by atoms with E-state index in [4.69, 9.17) is 11.6 Å². The van der Waals surface area contributed by atoms with Crippen molar-refractivity contribution in [1.82, 2.24) is 9.78 Å². The Hall–Kier alpha value is -1.17. The first-order valence-electron chi connectivity index (χ1n) is 7.55. The average Bonchev–Trinajstić information content (AvgIpc) is 2.92. The molecule has 0 bridgehead atoms. The Morgan fingerprint density at radius 3 is 2.86 bits per heavy atom. The first kappa shape index (κ1) is 15.7. The zero-order valence-electron chi connectivity index (χ0n) is 12.3. The number of thioether (sulfide) groups is 1. The molecule has 0 saturated carbocycles. The average molecular weight is 338 g/mol. The minimum Gasteiger partial charge on any atom is -0.394 e. The minimum atomic E-state index is 0.0753. The summed E-state index contributed by atoms with van der Waals surface area (Å²) in [5, 5.41) is 18.2. The molecule has 0 amide bonds. The largest absolute Gasteiger partial charge is 0.394 e. The highest BCUT2D eigenvalue weighted by molar-refractivity contribution is 7.99. The molecule has 1 fully saturated rings. The summed E-state index contributed by atoms with van der Waals surface area (Å²) in [7, 11) is 0. The Morgan fingerprint density at radius 2 is 2.14 bits per heavy atom. The van der Waals surface area contributed by atoms with Crippen LogP contribution in [0.4, 0.5) is 5.82 Å². The maximum absolute atomic E-state index is 9.26. The van der Waals surface area contributed by atoms with Gasteiger partial charge in [-0.1, -0.05) is 23.7 Å². The molecular formula is C16H20ClN3OS. The van der Waals surface area contributed by atoms with Gasteiger partial charge in [-0.15, -0.1) is 0 Å². The normalized spacial score (nSPS) is 15.9. The second-order valence-corrected chi connectivity index (χ2v) is 7.06. The maximum atomic E-state index is 9.26. The van der Waals surface area contributed by atoms with E-state index in [9.17, 15) is 5.11 Å². The standard InChI is InChI=1S/C16H20ClN3OS/c17-13-3-1-2-12(10-13)15-11-16(20(19-15)6-7-21)18-14-4-8-22-9-5-14/h1-3,10-11,14,18,21H,4-9H2. The number of nitrogens with zero attached hydrogens (tertiary/aromatic N) is 2. The van der Waals surface area contributed by atoms with E-state index >= 15 is 0 Å². The molecule has 1 aromatic carbocycles. The molecule has 1 saturated heterocycles. The molecule has 4 nitrogen and oxygen atoms in total. The molecule has 6 heteroatoms. The number of aliphatic hydroxyl groups excluding tert-OH is 1. The van der Waals surface area contributed by atoms with Gasteiger partial charge in [0.05, 0.1) is 18.8 Å². The number of nitrogens with one attached hydrogen (secondary N) is 1. The van der Waals surface area contributed by atoms with E-state index in [1.54, 1.807) is 0 Å². The quantitative estimate of drug-likeness (QED) is 0.876. The molecule has 0 aliphatic carbocycles. The number of hydrogen-bond donors (Lipinski definition) is 2. The van der Waals surface area contributed by atoms with E-state index in [0.717, 1.165) is 17.1 Å². The van der Waals surface area contributed by atoms with Crippen LogP contribution in [0, 0.1) is 0 Å². The minimum absolute atomic E-state index is 0.0753. The molecule has 2 aromatic rings. The van der Waals surface area contributed by atoms with Crippen LogP contribution in [0.3, 0.4) is 0 Å². The SMILES string of the molecule is OCCn1nc(-c2cccc(Cl)c2)cc1NC1CCSCC1. The second-order valence-electron chi connectivity index (χ2n) is 5.40. The van der Waals surface area contributed by atoms with Crippen LogP contribution >= 0.6 is 23.4 Å². The molecule has 0 radical (unpaired) electrons. The van der Waals surface area contributed by atoms with Gasteiger partial charge in [0, 0.05) is 22.7 Å². The number of anilines is 1. The Balaban J connectivity index is 1.84. The van der Waals surface area contributed by atoms with Crippen LogP contribution in [0.15, 0.2) is 30.3 Å². The van der Waals surface area contributed by atoms with Crippen LogP contribution in [-0.2, 0) is 6.54 Å². The lowest BCUT2D eigenvalue weighted by atomic mass is 10.1. The molecule has 0 unspecified atom stereocenters. The number of benzene rings is 1. The van der Waals surface area contributed by atoms with Crippen molar-refractivity contribution in [2.45, 2.75) is 25.4 Å². The fourth-order valence-electron chi connectivity index (χ4n) is 2.64. The van der Waals surface area contributed by atoms with Gasteiger partial charge in [0.1, 0.15) is 5.82 Å². The third-order valence-corrected chi connectivity index (χ3v) is 5.07. The van der Waals surface area contributed by atoms with Crippen LogP contribution in [0.2, 0.25) is 5.02 Å². The van der Waals surface area contributed by atoms with Gasteiger partial charge in [0.15, 0.2) is 0 Å². The highest BCUT2D eigenvalue weighted by Gasteiger charge is 2.17. The summed E-state index contributed by atoms with van der Waals surface area (Å²) in [4.78, 5) is 0. The Kier molecular flexibility index (Phi) is 5.28. The van der Waals surface area contributed by atoms with Crippen LogP contribution < -0.4 is 5.32 Å². The summed E-state index contributed by atoms with van der Waals surface area (Å²) < 4.78 is 1.85. The van der Waals surface area contributed by atoms with Crippen molar-refractivity contribution < 1.29 is 5.11 Å². The molecule has 1 aliphatic heterocycles. The lowest BCUT2D eigenvalue weighted by Crippen LogP contribution is -2.26. The lowest BCUT2D eigenvalue weighted by Gasteiger charge is -2.23. The van der Waals surface area contributed by atoms with Gasteiger partial charge >= 0.3 is 0 Å². The maximum Gasteiger partial charge on any atom is 0.125 e. The lowest BCUT2D eigenvalue weighted by molar-refractivity contribution is 0.270. The van der Waals surface area contributed by atoms with Crippen molar-refractivity contribution in [1.29, 1.82) is 0 Å². The van der Waals surface area contributed by atoms with E-state index in [2.05, 4.69) is 10.4 Å². The summed E-state index contributed by atoms with van der Waals surface area (Å²) in [5.41, 5.74) is 1.87. The van der Waals surface area contributed by atoms with Crippen LogP contribution in [0.1, 0.15) is 12.8 Å². The van der Waals surface area contributed by atoms with Crippen molar-refractivity contribution in [3.8, 4) is 11.3 Å². The van der Waals surface area contributed by atoms with Gasteiger partial charge < -0.3 is 10.4 Å². The molecule has 0 atom stereocenters. The summed E-state index contributed by atoms with van der Waals surface area (Å²) in [6.07, 6.45) is 2.34. The van der Waals surface area contributed by atoms with E-state index in [1.807, 2.05) is 46.8 Å². The summed E-state index contributed by atoms with van der Waals surface area (Å²) in [5.74, 6) is 3.38. The highest BCUT2D eigenvalue weighted by Crippen LogP contribution is 2.26. The van der Waals surface area contributed by atoms with Crippen LogP contribution in [0.25, 0.3) is 11.3 Å². The zero-order chi connectivity index (χ0) is 15.4. The van der Waals surface area contributed by atoms with Crippen molar-refractivity contribution in [2.75, 3.05) is 23.4 Å². The number of aliphatic hydroxyl groups is 1. The molecule has 3 rings (SSSR count). The third kappa shape index (κ3) is 3.77. The molecule has 2 N–H and O–H groups in total. The van der Waals surface area contributed by atoms with Gasteiger partial charge in [-0.05, 0) is 36.5 Å². The summed E-state index contributed by atoms with van der Waals surface area (Å²) in [6, 6.07) is 10.2. The van der Waals surface area contributed by atoms with Gasteiger partial charge in [0.2, 0.25) is 0 Å². The van der Waals surface area contributed by atoms with Crippen LogP contribution in [0.5, 0.6) is 0 Å². The topological polar surface area (TPSA) is 50.1 Å². The molecular weight excluding hydrogens is 318 g/mol. The molecule has 1 aromatic heterocycles. The molecule has 22 heavy (non-hydrogen) atoms. The van der Waals surface area contributed by atoms with E-state index < -0.39 is 0 Å². The fraction of sp³-hybridized carbons (Fsp3) is 0.438. The smallest absolute Gasteiger partial charge is 0.125 e. The number of halogens is 1.